The third-order valence-corrected chi connectivity index (χ3v) is 3.58. The van der Waals surface area contributed by atoms with Crippen LogP contribution < -0.4 is 0 Å². The van der Waals surface area contributed by atoms with Crippen LogP contribution in [0.4, 0.5) is 0 Å². The zero-order valence-electron chi connectivity index (χ0n) is 12.1. The highest BCUT2D eigenvalue weighted by atomic mass is 16.4. The first-order valence-corrected chi connectivity index (χ1v) is 6.27. The summed E-state index contributed by atoms with van der Waals surface area (Å²) < 4.78 is 5.64. The van der Waals surface area contributed by atoms with Crippen molar-refractivity contribution in [1.82, 2.24) is 0 Å². The molecule has 0 saturated heterocycles. The Hall–Kier alpha value is -1.55. The molecule has 0 N–H and O–H groups in total. The number of nitrogens with zero attached hydrogens (tertiary/aromatic N) is 4. The van der Waals surface area contributed by atoms with E-state index in [0.717, 1.165) is 7.11 Å². The highest BCUT2D eigenvalue weighted by Crippen LogP contribution is 2.03. The van der Waals surface area contributed by atoms with E-state index in [-0.39, 0.29) is 0 Å². The van der Waals surface area contributed by atoms with Gasteiger partial charge in [-0.3, -0.25) is 0 Å². The molecule has 0 aromatic rings. The van der Waals surface area contributed by atoms with E-state index in [9.17, 15) is 0 Å². The van der Waals surface area contributed by atoms with E-state index in [0.29, 0.717) is 0 Å². The summed E-state index contributed by atoms with van der Waals surface area (Å²) in [6.45, 7) is 14.2. The van der Waals surface area contributed by atoms with Crippen LogP contribution in [0.1, 0.15) is 27.7 Å². The molecule has 0 aromatic heterocycles. The minimum Gasteiger partial charge on any atom is -0.559 e. The molecule has 0 rings (SSSR count). The van der Waals surface area contributed by atoms with Crippen LogP contribution in [0.5, 0.6) is 0 Å². The Balaban J connectivity index is 0. The van der Waals surface area contributed by atoms with Crippen molar-refractivity contribution in [3.8, 4) is 17.9 Å². The zero-order chi connectivity index (χ0) is 14.7. The lowest BCUT2D eigenvalue weighted by Crippen LogP contribution is -2.47. The first kappa shape index (κ1) is 18.8. The molecule has 0 radical (unpaired) electrons. The van der Waals surface area contributed by atoms with Crippen molar-refractivity contribution in [3.63, 3.8) is 0 Å². The lowest BCUT2D eigenvalue weighted by atomic mass is 9.45. The second kappa shape index (κ2) is 9.48. The van der Waals surface area contributed by atoms with Crippen molar-refractivity contribution in [2.45, 2.75) is 27.7 Å². The molecule has 0 saturated carbocycles. The SMILES string of the molecule is CC[N+](CC)(CC)CC.CO[B-](C#N)(C#N)C#N. The van der Waals surface area contributed by atoms with Gasteiger partial charge in [0, 0.05) is 0 Å². The molecule has 0 spiro atoms. The van der Waals surface area contributed by atoms with Gasteiger partial charge in [-0.2, -0.15) is 0 Å². The molecule has 0 aliphatic carbocycles. The minimum absolute atomic E-state index is 1.16. The van der Waals surface area contributed by atoms with Crippen molar-refractivity contribution in [2.75, 3.05) is 33.3 Å². The first-order valence-electron chi connectivity index (χ1n) is 6.27. The summed E-state index contributed by atoms with van der Waals surface area (Å²) in [5.74, 6) is 4.45. The molecule has 0 aliphatic heterocycles. The Morgan fingerprint density at radius 1 is 0.833 bits per heavy atom. The molecule has 0 aromatic carbocycles. The molecular formula is C12H23BN4O. The molecule has 0 bridgehead atoms. The fourth-order valence-corrected chi connectivity index (χ4v) is 1.59. The number of hydrogen-bond acceptors (Lipinski definition) is 4. The highest BCUT2D eigenvalue weighted by molar-refractivity contribution is 6.94. The maximum atomic E-state index is 8.18. The molecule has 0 atom stereocenters. The Labute approximate surface area is 111 Å². The third-order valence-electron chi connectivity index (χ3n) is 3.58. The van der Waals surface area contributed by atoms with Crippen LogP contribution in [0.25, 0.3) is 0 Å². The van der Waals surface area contributed by atoms with E-state index in [4.69, 9.17) is 15.8 Å². The fourth-order valence-electron chi connectivity index (χ4n) is 1.59. The average Bonchev–Trinajstić information content (AvgIpc) is 2.46. The molecule has 18 heavy (non-hydrogen) atoms. The first-order chi connectivity index (χ1) is 8.49. The Morgan fingerprint density at radius 3 is 1.11 bits per heavy atom. The summed E-state index contributed by atoms with van der Waals surface area (Å²) in [6, 6.07) is 0. The molecule has 0 amide bonds. The Bertz CT molecular complexity index is 293. The number of hydrogen-bond donors (Lipinski definition) is 0. The molecule has 0 heterocycles. The predicted octanol–water partition coefficient (Wildman–Crippen LogP) is 1.65. The average molecular weight is 250 g/mol. The zero-order valence-corrected chi connectivity index (χ0v) is 12.1. The van der Waals surface area contributed by atoms with Gasteiger partial charge in [-0.15, -0.1) is 0 Å². The number of nitriles is 3. The van der Waals surface area contributed by atoms with Crippen LogP contribution >= 0.6 is 0 Å². The van der Waals surface area contributed by atoms with Crippen LogP contribution in [0.15, 0.2) is 0 Å². The quantitative estimate of drug-likeness (QED) is 0.548. The summed E-state index contributed by atoms with van der Waals surface area (Å²) in [5, 5.41) is 24.6. The fraction of sp³-hybridized carbons (Fsp3) is 0.750. The van der Waals surface area contributed by atoms with Crippen molar-refractivity contribution in [3.05, 3.63) is 0 Å². The van der Waals surface area contributed by atoms with Crippen LogP contribution in [-0.2, 0) is 4.65 Å². The van der Waals surface area contributed by atoms with Gasteiger partial charge in [0.05, 0.1) is 26.2 Å². The summed E-state index contributed by atoms with van der Waals surface area (Å²) in [4.78, 5) is 0. The van der Waals surface area contributed by atoms with Gasteiger partial charge in [0.25, 0.3) is 0 Å². The number of rotatable bonds is 5. The van der Waals surface area contributed by atoms with Gasteiger partial charge >= 0.3 is 6.35 Å². The highest BCUT2D eigenvalue weighted by Gasteiger charge is 2.22. The lowest BCUT2D eigenvalue weighted by Gasteiger charge is -2.34. The molecule has 5 nitrogen and oxygen atoms in total. The monoisotopic (exact) mass is 250 g/mol. The Morgan fingerprint density at radius 2 is 1.11 bits per heavy atom. The van der Waals surface area contributed by atoms with Gasteiger partial charge in [0.1, 0.15) is 0 Å². The second-order valence-electron chi connectivity index (χ2n) is 4.02. The van der Waals surface area contributed by atoms with Gasteiger partial charge in [-0.1, -0.05) is 17.9 Å². The largest absolute Gasteiger partial charge is 0.559 e. The van der Waals surface area contributed by atoms with Crippen LogP contribution in [-0.4, -0.2) is 44.1 Å². The normalized spacial score (nSPS) is 10.3. The van der Waals surface area contributed by atoms with Gasteiger partial charge < -0.3 is 9.14 Å². The van der Waals surface area contributed by atoms with Gasteiger partial charge in [0.15, 0.2) is 0 Å². The van der Waals surface area contributed by atoms with Crippen LogP contribution in [0.3, 0.4) is 0 Å². The topological polar surface area (TPSA) is 80.6 Å². The summed E-state index contributed by atoms with van der Waals surface area (Å²) in [5.41, 5.74) is 0. The molecule has 0 aliphatic rings. The number of quaternary nitrogens is 1. The van der Waals surface area contributed by atoms with Crippen LogP contribution in [0.2, 0.25) is 0 Å². The molecule has 6 heteroatoms. The summed E-state index contributed by atoms with van der Waals surface area (Å²) in [6.07, 6.45) is -2.53. The predicted molar refractivity (Wildman–Crippen MR) is 72.0 cm³/mol. The molecule has 100 valence electrons. The maximum absolute atomic E-state index is 8.18. The van der Waals surface area contributed by atoms with E-state index in [1.165, 1.54) is 48.6 Å². The van der Waals surface area contributed by atoms with Crippen molar-refractivity contribution >= 4 is 6.35 Å². The van der Waals surface area contributed by atoms with Gasteiger partial charge in [-0.25, -0.2) is 15.8 Å². The Kier molecular flexibility index (Phi) is 9.91. The van der Waals surface area contributed by atoms with E-state index >= 15 is 0 Å². The van der Waals surface area contributed by atoms with Crippen molar-refractivity contribution in [1.29, 1.82) is 15.8 Å². The lowest BCUT2D eigenvalue weighted by molar-refractivity contribution is -0.921. The molecular weight excluding hydrogens is 227 g/mol. The second-order valence-corrected chi connectivity index (χ2v) is 4.02. The minimum atomic E-state index is -2.53. The molecule has 0 fully saturated rings. The van der Waals surface area contributed by atoms with Crippen molar-refractivity contribution < 1.29 is 9.14 Å². The third kappa shape index (κ3) is 5.19. The van der Waals surface area contributed by atoms with Crippen LogP contribution in [0, 0.1) is 33.7 Å². The molecule has 0 unspecified atom stereocenters. The van der Waals surface area contributed by atoms with Gasteiger partial charge in [0.2, 0.25) is 0 Å². The summed E-state index contributed by atoms with van der Waals surface area (Å²) >= 11 is 0. The maximum Gasteiger partial charge on any atom is 0.408 e. The van der Waals surface area contributed by atoms with E-state index in [1.54, 1.807) is 0 Å². The van der Waals surface area contributed by atoms with E-state index in [2.05, 4.69) is 32.3 Å². The smallest absolute Gasteiger partial charge is 0.408 e. The van der Waals surface area contributed by atoms with E-state index in [1.807, 2.05) is 0 Å². The van der Waals surface area contributed by atoms with E-state index < -0.39 is 6.35 Å². The van der Waals surface area contributed by atoms with Crippen molar-refractivity contribution in [2.24, 2.45) is 0 Å². The van der Waals surface area contributed by atoms with Gasteiger partial charge in [-0.05, 0) is 34.8 Å². The summed E-state index contributed by atoms with van der Waals surface area (Å²) in [7, 11) is 1.16. The standard InChI is InChI=1S/C8H20N.C4H3BN3O/c1-5-9(6-2,7-3)8-4;1-9-5(2-6,3-7)4-8/h5-8H2,1-4H3;1H3/q+1;-1.